The fourth-order valence-electron chi connectivity index (χ4n) is 1.09. The van der Waals surface area contributed by atoms with Crippen molar-refractivity contribution >= 4 is 11.8 Å². The summed E-state index contributed by atoms with van der Waals surface area (Å²) in [6.07, 6.45) is 2.39. The van der Waals surface area contributed by atoms with E-state index in [9.17, 15) is 0 Å². The predicted octanol–water partition coefficient (Wildman–Crippen LogP) is 1.63. The van der Waals surface area contributed by atoms with E-state index in [-0.39, 0.29) is 0 Å². The molecule has 10 heavy (non-hydrogen) atoms. The van der Waals surface area contributed by atoms with Gasteiger partial charge in [0.05, 0.1) is 6.61 Å². The third kappa shape index (κ3) is 2.59. The number of hydrogen-bond acceptors (Lipinski definition) is 3. The van der Waals surface area contributed by atoms with Gasteiger partial charge in [-0.2, -0.15) is 5.26 Å². The molecule has 1 atom stereocenters. The Morgan fingerprint density at radius 1 is 1.70 bits per heavy atom. The van der Waals surface area contributed by atoms with Crippen LogP contribution in [-0.4, -0.2) is 19.0 Å². The highest BCUT2D eigenvalue weighted by Gasteiger charge is 2.12. The Hall–Kier alpha value is -0.200. The van der Waals surface area contributed by atoms with Crippen LogP contribution in [0.5, 0.6) is 0 Å². The summed E-state index contributed by atoms with van der Waals surface area (Å²) < 4.78 is 5.26. The third-order valence-electron chi connectivity index (χ3n) is 1.64. The fourth-order valence-corrected chi connectivity index (χ4v) is 1.67. The average molecular weight is 157 g/mol. The average Bonchev–Trinajstić information content (AvgIpc) is 2.03. The fraction of sp³-hybridized carbons (Fsp3) is 0.857. The van der Waals surface area contributed by atoms with Crippen molar-refractivity contribution in [2.45, 2.75) is 12.8 Å². The molecule has 2 nitrogen and oxygen atoms in total. The molecule has 0 aliphatic carbocycles. The largest absolute Gasteiger partial charge is 0.381 e. The lowest BCUT2D eigenvalue weighted by Gasteiger charge is -2.19. The van der Waals surface area contributed by atoms with Crippen LogP contribution in [0.1, 0.15) is 12.8 Å². The topological polar surface area (TPSA) is 33.0 Å². The molecule has 1 aliphatic rings. The molecular weight excluding hydrogens is 146 g/mol. The summed E-state index contributed by atoms with van der Waals surface area (Å²) in [5.41, 5.74) is 0. The first kappa shape index (κ1) is 7.90. The van der Waals surface area contributed by atoms with E-state index in [1.54, 1.807) is 0 Å². The lowest BCUT2D eigenvalue weighted by atomic mass is 10.1. The Labute approximate surface area is 65.6 Å². The SMILES string of the molecule is N#CSCC1CCCOC1. The van der Waals surface area contributed by atoms with Gasteiger partial charge in [0.15, 0.2) is 0 Å². The van der Waals surface area contributed by atoms with Crippen LogP contribution in [0.2, 0.25) is 0 Å². The second kappa shape index (κ2) is 4.59. The maximum absolute atomic E-state index is 8.27. The molecule has 1 heterocycles. The molecule has 1 fully saturated rings. The van der Waals surface area contributed by atoms with Crippen LogP contribution in [0.4, 0.5) is 0 Å². The molecule has 0 aromatic carbocycles. The summed E-state index contributed by atoms with van der Waals surface area (Å²) in [5.74, 6) is 1.56. The number of ether oxygens (including phenoxy) is 1. The third-order valence-corrected chi connectivity index (χ3v) is 2.41. The van der Waals surface area contributed by atoms with Gasteiger partial charge < -0.3 is 4.74 Å². The van der Waals surface area contributed by atoms with Crippen molar-refractivity contribution in [3.05, 3.63) is 0 Å². The van der Waals surface area contributed by atoms with Crippen LogP contribution in [0.25, 0.3) is 0 Å². The van der Waals surface area contributed by atoms with Gasteiger partial charge in [-0.25, -0.2) is 0 Å². The molecule has 0 spiro atoms. The zero-order valence-electron chi connectivity index (χ0n) is 5.88. The number of nitriles is 1. The Bertz CT molecular complexity index is 126. The van der Waals surface area contributed by atoms with E-state index >= 15 is 0 Å². The standard InChI is InChI=1S/C7H11NOS/c8-6-10-5-7-2-1-3-9-4-7/h7H,1-5H2. The molecule has 56 valence electrons. The number of thioether (sulfide) groups is 1. The van der Waals surface area contributed by atoms with Gasteiger partial charge in [0.25, 0.3) is 0 Å². The van der Waals surface area contributed by atoms with Crippen molar-refractivity contribution in [3.8, 4) is 5.40 Å². The van der Waals surface area contributed by atoms with Crippen molar-refractivity contribution in [1.29, 1.82) is 5.26 Å². The van der Waals surface area contributed by atoms with E-state index < -0.39 is 0 Å². The maximum Gasteiger partial charge on any atom is 0.133 e. The van der Waals surface area contributed by atoms with Crippen LogP contribution < -0.4 is 0 Å². The van der Waals surface area contributed by atoms with Gasteiger partial charge in [-0.3, -0.25) is 0 Å². The van der Waals surface area contributed by atoms with Crippen LogP contribution in [0.15, 0.2) is 0 Å². The van der Waals surface area contributed by atoms with Gasteiger partial charge in [0.2, 0.25) is 0 Å². The normalized spacial score (nSPS) is 25.7. The highest BCUT2D eigenvalue weighted by atomic mass is 32.2. The molecule has 1 saturated heterocycles. The van der Waals surface area contributed by atoms with E-state index in [4.69, 9.17) is 10.00 Å². The summed E-state index contributed by atoms with van der Waals surface area (Å²) in [6, 6.07) is 0. The molecule has 3 heteroatoms. The van der Waals surface area contributed by atoms with Crippen molar-refractivity contribution in [2.24, 2.45) is 5.92 Å². The Kier molecular flexibility index (Phi) is 3.63. The number of nitrogens with zero attached hydrogens (tertiary/aromatic N) is 1. The Morgan fingerprint density at radius 2 is 2.60 bits per heavy atom. The number of rotatable bonds is 2. The molecular formula is C7H11NOS. The molecule has 0 aromatic rings. The summed E-state index contributed by atoms with van der Waals surface area (Å²) in [4.78, 5) is 0. The van der Waals surface area contributed by atoms with Crippen LogP contribution in [0, 0.1) is 16.6 Å². The van der Waals surface area contributed by atoms with E-state index in [2.05, 4.69) is 5.40 Å². The molecule has 1 aliphatic heterocycles. The van der Waals surface area contributed by atoms with E-state index in [0.29, 0.717) is 5.92 Å². The van der Waals surface area contributed by atoms with Crippen LogP contribution in [-0.2, 0) is 4.74 Å². The minimum atomic E-state index is 0.624. The van der Waals surface area contributed by atoms with Crippen molar-refractivity contribution in [3.63, 3.8) is 0 Å². The van der Waals surface area contributed by atoms with Crippen LogP contribution >= 0.6 is 11.8 Å². The zero-order valence-corrected chi connectivity index (χ0v) is 6.69. The molecule has 0 radical (unpaired) electrons. The smallest absolute Gasteiger partial charge is 0.133 e. The molecule has 0 saturated carbocycles. The summed E-state index contributed by atoms with van der Waals surface area (Å²) in [5, 5.41) is 10.3. The second-order valence-corrected chi connectivity index (χ2v) is 3.29. The molecule has 0 bridgehead atoms. The lowest BCUT2D eigenvalue weighted by Crippen LogP contribution is -2.18. The van der Waals surface area contributed by atoms with Gasteiger partial charge in [-0.15, -0.1) is 0 Å². The molecule has 0 amide bonds. The van der Waals surface area contributed by atoms with E-state index in [1.807, 2.05) is 0 Å². The minimum Gasteiger partial charge on any atom is -0.381 e. The highest BCUT2D eigenvalue weighted by molar-refractivity contribution is 8.03. The number of thiocyanates is 1. The zero-order chi connectivity index (χ0) is 7.23. The van der Waals surface area contributed by atoms with Crippen LogP contribution in [0.3, 0.4) is 0 Å². The van der Waals surface area contributed by atoms with Crippen molar-refractivity contribution < 1.29 is 4.74 Å². The minimum absolute atomic E-state index is 0.624. The first-order valence-corrected chi connectivity index (χ1v) is 4.50. The molecule has 1 rings (SSSR count). The molecule has 1 unspecified atom stereocenters. The van der Waals surface area contributed by atoms with Crippen molar-refractivity contribution in [1.82, 2.24) is 0 Å². The molecule has 0 aromatic heterocycles. The monoisotopic (exact) mass is 157 g/mol. The Morgan fingerprint density at radius 3 is 3.20 bits per heavy atom. The first-order chi connectivity index (χ1) is 4.93. The number of hydrogen-bond donors (Lipinski definition) is 0. The summed E-state index contributed by atoms with van der Waals surface area (Å²) in [7, 11) is 0. The summed E-state index contributed by atoms with van der Waals surface area (Å²) in [6.45, 7) is 1.77. The van der Waals surface area contributed by atoms with E-state index in [1.165, 1.54) is 18.2 Å². The van der Waals surface area contributed by atoms with E-state index in [0.717, 1.165) is 25.4 Å². The van der Waals surface area contributed by atoms with Gasteiger partial charge in [-0.1, -0.05) is 0 Å². The van der Waals surface area contributed by atoms with Gasteiger partial charge in [-0.05, 0) is 30.5 Å². The quantitative estimate of drug-likeness (QED) is 0.571. The lowest BCUT2D eigenvalue weighted by molar-refractivity contribution is 0.0633. The predicted molar refractivity (Wildman–Crippen MR) is 41.6 cm³/mol. The van der Waals surface area contributed by atoms with Crippen molar-refractivity contribution in [2.75, 3.05) is 19.0 Å². The first-order valence-electron chi connectivity index (χ1n) is 3.52. The van der Waals surface area contributed by atoms with Gasteiger partial charge >= 0.3 is 0 Å². The summed E-state index contributed by atoms with van der Waals surface area (Å²) >= 11 is 1.34. The maximum atomic E-state index is 8.27. The van der Waals surface area contributed by atoms with Gasteiger partial charge in [0.1, 0.15) is 5.40 Å². The molecule has 0 N–H and O–H groups in total. The Balaban J connectivity index is 2.09. The highest BCUT2D eigenvalue weighted by Crippen LogP contribution is 2.17. The second-order valence-electron chi connectivity index (χ2n) is 2.49. The van der Waals surface area contributed by atoms with Gasteiger partial charge in [0, 0.05) is 12.4 Å².